The highest BCUT2D eigenvalue weighted by Crippen LogP contribution is 2.20. The highest BCUT2D eigenvalue weighted by molar-refractivity contribution is 7.99. The van der Waals surface area contributed by atoms with Crippen molar-refractivity contribution >= 4 is 17.7 Å². The Morgan fingerprint density at radius 2 is 2.32 bits per heavy atom. The minimum Gasteiger partial charge on any atom is -0.440 e. The van der Waals surface area contributed by atoms with Crippen LogP contribution in [0.3, 0.4) is 0 Å². The van der Waals surface area contributed by atoms with Crippen LogP contribution in [0.4, 0.5) is 0 Å². The predicted octanol–water partition coefficient (Wildman–Crippen LogP) is 2.10. The standard InChI is InChI=1S/C13H23N3O2S/c1-4-15-13(3,11(14)17)7-5-6-8-19-12-16-10(2)9-18-12/h9,15H,4-8H2,1-3H3,(H2,14,17). The van der Waals surface area contributed by atoms with Crippen LogP contribution in [-0.2, 0) is 4.79 Å². The first-order valence-corrected chi connectivity index (χ1v) is 7.56. The van der Waals surface area contributed by atoms with Gasteiger partial charge in [-0.2, -0.15) is 0 Å². The number of hydrogen-bond acceptors (Lipinski definition) is 5. The number of thioether (sulfide) groups is 1. The summed E-state index contributed by atoms with van der Waals surface area (Å²) in [4.78, 5) is 15.7. The first-order chi connectivity index (χ1) is 8.98. The van der Waals surface area contributed by atoms with E-state index in [-0.39, 0.29) is 5.91 Å². The molecule has 1 heterocycles. The summed E-state index contributed by atoms with van der Waals surface area (Å²) in [6.45, 7) is 6.48. The summed E-state index contributed by atoms with van der Waals surface area (Å²) in [7, 11) is 0. The molecule has 5 nitrogen and oxygen atoms in total. The van der Waals surface area contributed by atoms with E-state index in [4.69, 9.17) is 10.2 Å². The maximum atomic E-state index is 11.4. The molecule has 1 aromatic rings. The second kappa shape index (κ2) is 7.55. The zero-order chi connectivity index (χ0) is 14.3. The number of carbonyl (C=O) groups is 1. The van der Waals surface area contributed by atoms with Crippen molar-refractivity contribution in [3.05, 3.63) is 12.0 Å². The Bertz CT molecular complexity index is 408. The van der Waals surface area contributed by atoms with E-state index < -0.39 is 5.54 Å². The van der Waals surface area contributed by atoms with Gasteiger partial charge in [-0.15, -0.1) is 0 Å². The van der Waals surface area contributed by atoms with Gasteiger partial charge in [0.05, 0.1) is 11.2 Å². The number of hydrogen-bond donors (Lipinski definition) is 2. The van der Waals surface area contributed by atoms with Gasteiger partial charge in [0.2, 0.25) is 5.91 Å². The second-order valence-electron chi connectivity index (χ2n) is 4.79. The number of unbranched alkanes of at least 4 members (excludes halogenated alkanes) is 1. The van der Waals surface area contributed by atoms with Crippen LogP contribution in [0.2, 0.25) is 0 Å². The molecular weight excluding hydrogens is 262 g/mol. The van der Waals surface area contributed by atoms with E-state index in [1.165, 1.54) is 0 Å². The number of likely N-dealkylation sites (N-methyl/N-ethyl adjacent to an activating group) is 1. The van der Waals surface area contributed by atoms with E-state index in [2.05, 4.69) is 10.3 Å². The summed E-state index contributed by atoms with van der Waals surface area (Å²) in [5.41, 5.74) is 5.73. The molecule has 1 atom stereocenters. The summed E-state index contributed by atoms with van der Waals surface area (Å²) in [5.74, 6) is 0.645. The van der Waals surface area contributed by atoms with Gasteiger partial charge >= 0.3 is 0 Å². The Kier molecular flexibility index (Phi) is 6.37. The van der Waals surface area contributed by atoms with Gasteiger partial charge in [-0.05, 0) is 33.2 Å². The normalized spacial score (nSPS) is 14.3. The number of carbonyl (C=O) groups excluding carboxylic acids is 1. The number of nitrogens with two attached hydrogens (primary N) is 1. The molecule has 0 saturated heterocycles. The van der Waals surface area contributed by atoms with Crippen molar-refractivity contribution in [2.75, 3.05) is 12.3 Å². The van der Waals surface area contributed by atoms with E-state index in [9.17, 15) is 4.79 Å². The van der Waals surface area contributed by atoms with Gasteiger partial charge in [0.15, 0.2) is 0 Å². The number of nitrogens with zero attached hydrogens (tertiary/aromatic N) is 1. The molecule has 1 amide bonds. The van der Waals surface area contributed by atoms with Crippen molar-refractivity contribution in [2.45, 2.75) is 50.8 Å². The highest BCUT2D eigenvalue weighted by Gasteiger charge is 2.28. The fourth-order valence-corrected chi connectivity index (χ4v) is 2.68. The van der Waals surface area contributed by atoms with E-state index in [1.54, 1.807) is 18.0 Å². The summed E-state index contributed by atoms with van der Waals surface area (Å²) < 4.78 is 5.25. The zero-order valence-electron chi connectivity index (χ0n) is 11.9. The number of oxazole rings is 1. The molecule has 0 spiro atoms. The van der Waals surface area contributed by atoms with Crippen molar-refractivity contribution in [1.29, 1.82) is 0 Å². The van der Waals surface area contributed by atoms with E-state index in [0.717, 1.165) is 37.3 Å². The molecule has 1 aromatic heterocycles. The lowest BCUT2D eigenvalue weighted by Crippen LogP contribution is -2.52. The fraction of sp³-hybridized carbons (Fsp3) is 0.692. The third kappa shape index (κ3) is 5.24. The maximum Gasteiger partial charge on any atom is 0.255 e. The Morgan fingerprint density at radius 3 is 2.84 bits per heavy atom. The Balaban J connectivity index is 2.24. The Hall–Kier alpha value is -1.01. The van der Waals surface area contributed by atoms with Crippen LogP contribution in [0.1, 0.15) is 38.8 Å². The van der Waals surface area contributed by atoms with E-state index in [1.807, 2.05) is 20.8 Å². The van der Waals surface area contributed by atoms with Crippen LogP contribution >= 0.6 is 11.8 Å². The Morgan fingerprint density at radius 1 is 1.58 bits per heavy atom. The predicted molar refractivity (Wildman–Crippen MR) is 77.1 cm³/mol. The van der Waals surface area contributed by atoms with Crippen LogP contribution < -0.4 is 11.1 Å². The van der Waals surface area contributed by atoms with E-state index in [0.29, 0.717) is 5.22 Å². The molecule has 0 aliphatic carbocycles. The number of amides is 1. The second-order valence-corrected chi connectivity index (χ2v) is 5.83. The number of aromatic nitrogens is 1. The lowest BCUT2D eigenvalue weighted by atomic mass is 9.94. The van der Waals surface area contributed by atoms with Crippen LogP contribution in [0.25, 0.3) is 0 Å². The molecule has 1 rings (SSSR count). The molecule has 1 unspecified atom stereocenters. The summed E-state index contributed by atoms with van der Waals surface area (Å²) in [5, 5.41) is 3.87. The summed E-state index contributed by atoms with van der Waals surface area (Å²) in [6.07, 6.45) is 4.35. The first-order valence-electron chi connectivity index (χ1n) is 6.58. The quantitative estimate of drug-likeness (QED) is 0.536. The van der Waals surface area contributed by atoms with Crippen molar-refractivity contribution in [1.82, 2.24) is 10.3 Å². The Labute approximate surface area is 118 Å². The lowest BCUT2D eigenvalue weighted by Gasteiger charge is -2.26. The van der Waals surface area contributed by atoms with Gasteiger partial charge in [0.25, 0.3) is 5.22 Å². The van der Waals surface area contributed by atoms with Crippen LogP contribution in [0, 0.1) is 6.92 Å². The minimum absolute atomic E-state index is 0.287. The van der Waals surface area contributed by atoms with Gasteiger partial charge in [0.1, 0.15) is 6.26 Å². The van der Waals surface area contributed by atoms with Gasteiger partial charge in [-0.1, -0.05) is 25.1 Å². The monoisotopic (exact) mass is 285 g/mol. The topological polar surface area (TPSA) is 81.2 Å². The molecular formula is C13H23N3O2S. The lowest BCUT2D eigenvalue weighted by molar-refractivity contribution is -0.124. The largest absolute Gasteiger partial charge is 0.440 e. The SMILES string of the molecule is CCNC(C)(CCCCSc1nc(C)co1)C(N)=O. The third-order valence-corrected chi connectivity index (χ3v) is 3.93. The van der Waals surface area contributed by atoms with Gasteiger partial charge in [-0.3, -0.25) is 4.79 Å². The molecule has 6 heteroatoms. The van der Waals surface area contributed by atoms with Crippen molar-refractivity contribution in [3.8, 4) is 0 Å². The van der Waals surface area contributed by atoms with Crippen LogP contribution in [-0.4, -0.2) is 28.7 Å². The number of rotatable bonds is 9. The van der Waals surface area contributed by atoms with Gasteiger partial charge in [-0.25, -0.2) is 4.98 Å². The average Bonchev–Trinajstić information content (AvgIpc) is 2.75. The zero-order valence-corrected chi connectivity index (χ0v) is 12.7. The fourth-order valence-electron chi connectivity index (χ4n) is 1.83. The van der Waals surface area contributed by atoms with Crippen molar-refractivity contribution in [3.63, 3.8) is 0 Å². The van der Waals surface area contributed by atoms with Crippen LogP contribution in [0.5, 0.6) is 0 Å². The molecule has 0 aliphatic rings. The summed E-state index contributed by atoms with van der Waals surface area (Å²) >= 11 is 1.60. The van der Waals surface area contributed by atoms with Crippen molar-refractivity contribution < 1.29 is 9.21 Å². The van der Waals surface area contributed by atoms with Gasteiger partial charge in [0, 0.05) is 5.75 Å². The van der Waals surface area contributed by atoms with Crippen LogP contribution in [0.15, 0.2) is 15.9 Å². The maximum absolute atomic E-state index is 11.4. The number of primary amides is 1. The highest BCUT2D eigenvalue weighted by atomic mass is 32.2. The molecule has 108 valence electrons. The molecule has 0 bridgehead atoms. The van der Waals surface area contributed by atoms with E-state index >= 15 is 0 Å². The molecule has 0 radical (unpaired) electrons. The van der Waals surface area contributed by atoms with Gasteiger partial charge < -0.3 is 15.5 Å². The summed E-state index contributed by atoms with van der Waals surface area (Å²) in [6, 6.07) is 0. The smallest absolute Gasteiger partial charge is 0.255 e. The molecule has 3 N–H and O–H groups in total. The molecule has 19 heavy (non-hydrogen) atoms. The minimum atomic E-state index is -0.598. The van der Waals surface area contributed by atoms with Crippen molar-refractivity contribution in [2.24, 2.45) is 5.73 Å². The number of aryl methyl sites for hydroxylation is 1. The molecule has 0 aromatic carbocycles. The first kappa shape index (κ1) is 16.0. The number of nitrogens with one attached hydrogen (secondary N) is 1. The average molecular weight is 285 g/mol. The molecule has 0 saturated carbocycles. The molecule has 0 aliphatic heterocycles. The molecule has 0 fully saturated rings. The third-order valence-electron chi connectivity index (χ3n) is 3.01.